The second-order valence-electron chi connectivity index (χ2n) is 5.50. The van der Waals surface area contributed by atoms with E-state index in [1.807, 2.05) is 0 Å². The highest BCUT2D eigenvalue weighted by molar-refractivity contribution is 14.0. The summed E-state index contributed by atoms with van der Waals surface area (Å²) in [5.41, 5.74) is 1.37. The second kappa shape index (κ2) is 8.33. The molecule has 3 atom stereocenters. The Hall–Kier alpha value is -0.340. The molecule has 118 valence electrons. The normalized spacial score (nSPS) is 27.5. The Balaban J connectivity index is 0.00000161. The average Bonchev–Trinajstić information content (AvgIpc) is 3.16. The highest BCUT2D eigenvalue weighted by atomic mass is 127. The summed E-state index contributed by atoms with van der Waals surface area (Å²) in [4.78, 5) is 4.68. The summed E-state index contributed by atoms with van der Waals surface area (Å²) in [5, 5.41) is 11.2. The van der Waals surface area contributed by atoms with Crippen molar-refractivity contribution in [3.8, 4) is 0 Å². The van der Waals surface area contributed by atoms with Crippen molar-refractivity contribution in [3.05, 3.63) is 22.4 Å². The second-order valence-corrected chi connectivity index (χ2v) is 6.28. The molecule has 2 saturated heterocycles. The van der Waals surface area contributed by atoms with E-state index in [-0.39, 0.29) is 24.0 Å². The van der Waals surface area contributed by atoms with E-state index in [9.17, 15) is 0 Å². The zero-order valence-electron chi connectivity index (χ0n) is 12.4. The van der Waals surface area contributed by atoms with E-state index in [4.69, 9.17) is 4.74 Å². The van der Waals surface area contributed by atoms with Crippen molar-refractivity contribution >= 4 is 41.3 Å². The third-order valence-electron chi connectivity index (χ3n) is 4.02. The van der Waals surface area contributed by atoms with Crippen LogP contribution in [0.25, 0.3) is 0 Å². The van der Waals surface area contributed by atoms with Gasteiger partial charge in [0.25, 0.3) is 0 Å². The molecule has 2 aliphatic heterocycles. The molecule has 4 nitrogen and oxygen atoms in total. The first-order valence-corrected chi connectivity index (χ1v) is 8.51. The first kappa shape index (κ1) is 17.0. The SMILES string of the molecule is CCNC(=NCCc1ccsc1)NC1CC2CCC1O2.I. The Morgan fingerprint density at radius 1 is 1.48 bits per heavy atom. The lowest BCUT2D eigenvalue weighted by molar-refractivity contribution is 0.0992. The minimum absolute atomic E-state index is 0. The van der Waals surface area contributed by atoms with Crippen molar-refractivity contribution in [2.45, 2.75) is 50.9 Å². The topological polar surface area (TPSA) is 45.7 Å². The molecule has 2 N–H and O–H groups in total. The summed E-state index contributed by atoms with van der Waals surface area (Å²) in [6.45, 7) is 3.83. The number of nitrogens with zero attached hydrogens (tertiary/aromatic N) is 1. The fraction of sp³-hybridized carbons (Fsp3) is 0.667. The lowest BCUT2D eigenvalue weighted by atomic mass is 9.96. The van der Waals surface area contributed by atoms with E-state index >= 15 is 0 Å². The quantitative estimate of drug-likeness (QED) is 0.437. The molecule has 0 aliphatic carbocycles. The van der Waals surface area contributed by atoms with Crippen LogP contribution in [-0.4, -0.2) is 37.3 Å². The molecule has 3 rings (SSSR count). The van der Waals surface area contributed by atoms with E-state index in [0.717, 1.165) is 31.9 Å². The average molecular weight is 421 g/mol. The van der Waals surface area contributed by atoms with Crippen LogP contribution < -0.4 is 10.6 Å². The molecule has 0 aromatic carbocycles. The Kier molecular flexibility index (Phi) is 6.75. The molecular formula is C15H24IN3OS. The molecule has 2 aliphatic rings. The maximum atomic E-state index is 5.88. The van der Waals surface area contributed by atoms with Crippen molar-refractivity contribution < 1.29 is 4.74 Å². The number of guanidine groups is 1. The largest absolute Gasteiger partial charge is 0.373 e. The van der Waals surface area contributed by atoms with Gasteiger partial charge in [-0.25, -0.2) is 0 Å². The van der Waals surface area contributed by atoms with Gasteiger partial charge in [0, 0.05) is 13.1 Å². The van der Waals surface area contributed by atoms with Crippen LogP contribution in [0.1, 0.15) is 31.7 Å². The molecule has 0 spiro atoms. The van der Waals surface area contributed by atoms with Gasteiger partial charge in [0.2, 0.25) is 0 Å². The van der Waals surface area contributed by atoms with Crippen molar-refractivity contribution in [2.24, 2.45) is 4.99 Å². The Labute approximate surface area is 147 Å². The monoisotopic (exact) mass is 421 g/mol. The van der Waals surface area contributed by atoms with Gasteiger partial charge < -0.3 is 15.4 Å². The molecule has 0 saturated carbocycles. The summed E-state index contributed by atoms with van der Waals surface area (Å²) < 4.78 is 5.88. The Bertz CT molecular complexity index is 452. The van der Waals surface area contributed by atoms with Crippen molar-refractivity contribution in [3.63, 3.8) is 0 Å². The minimum Gasteiger partial charge on any atom is -0.373 e. The molecule has 21 heavy (non-hydrogen) atoms. The van der Waals surface area contributed by atoms with Crippen molar-refractivity contribution in [1.29, 1.82) is 0 Å². The highest BCUT2D eigenvalue weighted by Crippen LogP contribution is 2.34. The van der Waals surface area contributed by atoms with Gasteiger partial charge in [0.1, 0.15) is 0 Å². The number of thiophene rings is 1. The van der Waals surface area contributed by atoms with Gasteiger partial charge >= 0.3 is 0 Å². The fourth-order valence-corrected chi connectivity index (χ4v) is 3.72. The number of hydrogen-bond donors (Lipinski definition) is 2. The zero-order chi connectivity index (χ0) is 13.8. The third-order valence-corrected chi connectivity index (χ3v) is 4.75. The Morgan fingerprint density at radius 3 is 3.00 bits per heavy atom. The van der Waals surface area contributed by atoms with Crippen LogP contribution in [0.15, 0.2) is 21.8 Å². The standard InChI is InChI=1S/C15H23N3OS.HI/c1-2-16-15(17-7-5-11-6-8-20-10-11)18-13-9-12-3-4-14(13)19-12;/h6,8,10,12-14H,2-5,7,9H2,1H3,(H2,16,17,18);1H. The number of ether oxygens (including phenoxy) is 1. The van der Waals surface area contributed by atoms with Gasteiger partial charge in [-0.1, -0.05) is 0 Å². The lowest BCUT2D eigenvalue weighted by Gasteiger charge is -2.22. The number of rotatable bonds is 5. The lowest BCUT2D eigenvalue weighted by Crippen LogP contribution is -2.47. The predicted octanol–water partition coefficient (Wildman–Crippen LogP) is 2.78. The first-order chi connectivity index (χ1) is 9.85. The van der Waals surface area contributed by atoms with Crippen LogP contribution in [0.3, 0.4) is 0 Å². The molecule has 3 unspecified atom stereocenters. The van der Waals surface area contributed by atoms with Crippen molar-refractivity contribution in [2.75, 3.05) is 13.1 Å². The summed E-state index contributed by atoms with van der Waals surface area (Å²) in [7, 11) is 0. The van der Waals surface area contributed by atoms with Gasteiger partial charge in [-0.2, -0.15) is 11.3 Å². The Morgan fingerprint density at radius 2 is 2.38 bits per heavy atom. The van der Waals surface area contributed by atoms with Gasteiger partial charge in [-0.3, -0.25) is 4.99 Å². The number of hydrogen-bond acceptors (Lipinski definition) is 3. The summed E-state index contributed by atoms with van der Waals surface area (Å²) >= 11 is 1.75. The van der Waals surface area contributed by atoms with Gasteiger partial charge in [0.05, 0.1) is 18.2 Å². The number of fused-ring (bicyclic) bond motifs is 2. The van der Waals surface area contributed by atoms with Crippen LogP contribution in [0.4, 0.5) is 0 Å². The van der Waals surface area contributed by atoms with E-state index in [0.29, 0.717) is 18.2 Å². The van der Waals surface area contributed by atoms with Gasteiger partial charge in [-0.15, -0.1) is 24.0 Å². The van der Waals surface area contributed by atoms with E-state index < -0.39 is 0 Å². The molecule has 6 heteroatoms. The summed E-state index contributed by atoms with van der Waals surface area (Å²) in [6.07, 6.45) is 5.42. The van der Waals surface area contributed by atoms with Crippen LogP contribution in [0, 0.1) is 0 Å². The van der Waals surface area contributed by atoms with Crippen LogP contribution >= 0.6 is 35.3 Å². The van der Waals surface area contributed by atoms with Crippen molar-refractivity contribution in [1.82, 2.24) is 10.6 Å². The predicted molar refractivity (Wildman–Crippen MR) is 98.9 cm³/mol. The molecule has 2 bridgehead atoms. The molecule has 1 aromatic rings. The molecule has 1 aromatic heterocycles. The van der Waals surface area contributed by atoms with Gasteiger partial charge in [-0.05, 0) is 55.0 Å². The van der Waals surface area contributed by atoms with Crippen LogP contribution in [-0.2, 0) is 11.2 Å². The van der Waals surface area contributed by atoms with E-state index in [1.54, 1.807) is 11.3 Å². The van der Waals surface area contributed by atoms with Crippen LogP contribution in [0.5, 0.6) is 0 Å². The first-order valence-electron chi connectivity index (χ1n) is 7.56. The molecule has 2 fully saturated rings. The minimum atomic E-state index is 0. The number of aliphatic imine (C=N–C) groups is 1. The molecule has 0 radical (unpaired) electrons. The van der Waals surface area contributed by atoms with E-state index in [2.05, 4.69) is 39.4 Å². The summed E-state index contributed by atoms with van der Waals surface area (Å²) in [5.74, 6) is 0.934. The maximum Gasteiger partial charge on any atom is 0.191 e. The smallest absolute Gasteiger partial charge is 0.191 e. The third kappa shape index (κ3) is 4.56. The van der Waals surface area contributed by atoms with Gasteiger partial charge in [0.15, 0.2) is 5.96 Å². The maximum absolute atomic E-state index is 5.88. The zero-order valence-corrected chi connectivity index (χ0v) is 15.5. The molecule has 0 amide bonds. The summed E-state index contributed by atoms with van der Waals surface area (Å²) in [6, 6.07) is 2.61. The number of halogens is 1. The van der Waals surface area contributed by atoms with E-state index in [1.165, 1.54) is 18.4 Å². The fourth-order valence-electron chi connectivity index (χ4n) is 3.02. The molecular weight excluding hydrogens is 397 g/mol. The molecule has 3 heterocycles. The highest BCUT2D eigenvalue weighted by Gasteiger charge is 2.41. The van der Waals surface area contributed by atoms with Crippen LogP contribution in [0.2, 0.25) is 0 Å². The number of nitrogens with one attached hydrogen (secondary N) is 2.